The second kappa shape index (κ2) is 4.60. The monoisotopic (exact) mass is 199 g/mol. The Kier molecular flexibility index (Phi) is 3.93. The molecule has 0 aromatic heterocycles. The summed E-state index contributed by atoms with van der Waals surface area (Å²) in [5, 5.41) is 0. The lowest BCUT2D eigenvalue weighted by Crippen LogP contribution is -2.72. The zero-order valence-electron chi connectivity index (χ0n) is 9.39. The van der Waals surface area contributed by atoms with Crippen LogP contribution >= 0.6 is 0 Å². The van der Waals surface area contributed by atoms with E-state index in [4.69, 9.17) is 17.2 Å². The van der Waals surface area contributed by atoms with Crippen LogP contribution in [0.25, 0.3) is 0 Å². The summed E-state index contributed by atoms with van der Waals surface area (Å²) in [7, 11) is 0. The van der Waals surface area contributed by atoms with Crippen molar-refractivity contribution in [1.82, 2.24) is 0 Å². The molecule has 1 rings (SSSR count). The average Bonchev–Trinajstić information content (AvgIpc) is 2.11. The van der Waals surface area contributed by atoms with Gasteiger partial charge in [0.15, 0.2) is 0 Å². The lowest BCUT2D eigenvalue weighted by Gasteiger charge is -2.47. The molecule has 1 unspecified atom stereocenters. The Morgan fingerprint density at radius 1 is 1.00 bits per heavy atom. The number of rotatable bonds is 4. The van der Waals surface area contributed by atoms with E-state index >= 15 is 0 Å². The first kappa shape index (κ1) is 12.0. The Morgan fingerprint density at radius 2 is 1.64 bits per heavy atom. The number of hydrogen-bond acceptors (Lipinski definition) is 3. The molecule has 0 amide bonds. The van der Waals surface area contributed by atoms with Gasteiger partial charge in [0.2, 0.25) is 0 Å². The average molecular weight is 199 g/mol. The normalized spacial score (nSPS) is 31.7. The van der Waals surface area contributed by atoms with E-state index in [0.29, 0.717) is 0 Å². The molecule has 0 bridgehead atoms. The number of hydrogen-bond donors (Lipinski definition) is 3. The molecule has 0 aliphatic heterocycles. The Labute approximate surface area is 87.4 Å². The largest absolute Gasteiger partial charge is 0.322 e. The van der Waals surface area contributed by atoms with Crippen molar-refractivity contribution >= 4 is 0 Å². The molecule has 0 aromatic carbocycles. The van der Waals surface area contributed by atoms with Crippen molar-refractivity contribution < 1.29 is 0 Å². The molecule has 0 heterocycles. The summed E-state index contributed by atoms with van der Waals surface area (Å²) in [6.07, 6.45) is 8.75. The highest BCUT2D eigenvalue weighted by Crippen LogP contribution is 2.34. The van der Waals surface area contributed by atoms with Crippen LogP contribution in [-0.4, -0.2) is 11.2 Å². The zero-order chi connectivity index (χ0) is 10.7. The van der Waals surface area contributed by atoms with Crippen molar-refractivity contribution in [3.63, 3.8) is 0 Å². The highest BCUT2D eigenvalue weighted by molar-refractivity contribution is 5.05. The minimum absolute atomic E-state index is 0.319. The first-order valence-electron chi connectivity index (χ1n) is 5.88. The Bertz CT molecular complexity index is 179. The maximum absolute atomic E-state index is 6.33. The summed E-state index contributed by atoms with van der Waals surface area (Å²) >= 11 is 0. The minimum atomic E-state index is -0.640. The summed E-state index contributed by atoms with van der Waals surface area (Å²) in [5.41, 5.74) is 17.6. The molecular weight excluding hydrogens is 174 g/mol. The van der Waals surface area contributed by atoms with Gasteiger partial charge in [-0.15, -0.1) is 0 Å². The lowest BCUT2D eigenvalue weighted by molar-refractivity contribution is 0.139. The van der Waals surface area contributed by atoms with Gasteiger partial charge in [-0.2, -0.15) is 0 Å². The van der Waals surface area contributed by atoms with Gasteiger partial charge < -0.3 is 17.2 Å². The van der Waals surface area contributed by atoms with E-state index in [0.717, 1.165) is 32.1 Å². The highest BCUT2D eigenvalue weighted by Gasteiger charge is 2.44. The van der Waals surface area contributed by atoms with Crippen molar-refractivity contribution in [2.45, 2.75) is 69.5 Å². The molecule has 3 nitrogen and oxygen atoms in total. The van der Waals surface area contributed by atoms with Crippen molar-refractivity contribution in [1.29, 1.82) is 0 Å². The van der Waals surface area contributed by atoms with E-state index in [1.807, 2.05) is 0 Å². The van der Waals surface area contributed by atoms with E-state index in [1.54, 1.807) is 0 Å². The van der Waals surface area contributed by atoms with Gasteiger partial charge in [-0.25, -0.2) is 0 Å². The molecular formula is C11H25N3. The van der Waals surface area contributed by atoms with Crippen LogP contribution in [0, 0.1) is 0 Å². The fraction of sp³-hybridized carbons (Fsp3) is 1.00. The highest BCUT2D eigenvalue weighted by atomic mass is 15.1. The van der Waals surface area contributed by atoms with E-state index in [9.17, 15) is 0 Å². The van der Waals surface area contributed by atoms with E-state index < -0.39 is 5.66 Å². The fourth-order valence-corrected chi connectivity index (χ4v) is 2.39. The standard InChI is InChI=1S/C11H25N3/c1-2-3-4-7-10(12)8-5-6-9-11(10,13)14/h2-9,12-14H2,1H3. The molecule has 0 aromatic rings. The van der Waals surface area contributed by atoms with Gasteiger partial charge in [0.25, 0.3) is 0 Å². The first-order valence-corrected chi connectivity index (χ1v) is 5.88. The molecule has 14 heavy (non-hydrogen) atoms. The zero-order valence-corrected chi connectivity index (χ0v) is 9.39. The molecule has 1 saturated carbocycles. The summed E-state index contributed by atoms with van der Waals surface area (Å²) in [4.78, 5) is 0. The van der Waals surface area contributed by atoms with Crippen molar-refractivity contribution in [2.75, 3.05) is 0 Å². The third-order valence-electron chi connectivity index (χ3n) is 3.62. The maximum atomic E-state index is 6.33. The Balaban J connectivity index is 2.51. The second-order valence-electron chi connectivity index (χ2n) is 4.86. The van der Waals surface area contributed by atoms with Crippen LogP contribution in [0.2, 0.25) is 0 Å². The topological polar surface area (TPSA) is 78.1 Å². The Morgan fingerprint density at radius 3 is 2.21 bits per heavy atom. The second-order valence-corrected chi connectivity index (χ2v) is 4.86. The molecule has 1 atom stereocenters. The van der Waals surface area contributed by atoms with Crippen LogP contribution in [0.15, 0.2) is 0 Å². The van der Waals surface area contributed by atoms with Gasteiger partial charge in [-0.3, -0.25) is 0 Å². The van der Waals surface area contributed by atoms with E-state index in [1.165, 1.54) is 19.3 Å². The quantitative estimate of drug-likeness (QED) is 0.473. The molecule has 0 spiro atoms. The van der Waals surface area contributed by atoms with Gasteiger partial charge in [-0.1, -0.05) is 39.0 Å². The molecule has 1 aliphatic rings. The van der Waals surface area contributed by atoms with Crippen LogP contribution in [0.1, 0.15) is 58.3 Å². The lowest BCUT2D eigenvalue weighted by atomic mass is 9.71. The predicted octanol–water partition coefficient (Wildman–Crippen LogP) is 1.45. The molecule has 1 aliphatic carbocycles. The summed E-state index contributed by atoms with van der Waals surface area (Å²) in [6, 6.07) is 0. The van der Waals surface area contributed by atoms with Crippen molar-refractivity contribution in [2.24, 2.45) is 17.2 Å². The SMILES string of the molecule is CCCCCC1(N)CCCCC1(N)N. The van der Waals surface area contributed by atoms with Gasteiger partial charge >= 0.3 is 0 Å². The third-order valence-corrected chi connectivity index (χ3v) is 3.62. The van der Waals surface area contributed by atoms with Crippen LogP contribution in [-0.2, 0) is 0 Å². The van der Waals surface area contributed by atoms with Crippen LogP contribution in [0.5, 0.6) is 0 Å². The molecule has 84 valence electrons. The van der Waals surface area contributed by atoms with Gasteiger partial charge in [0, 0.05) is 5.54 Å². The third kappa shape index (κ3) is 2.47. The first-order chi connectivity index (χ1) is 6.52. The molecule has 0 saturated heterocycles. The predicted molar refractivity (Wildman–Crippen MR) is 60.6 cm³/mol. The fourth-order valence-electron chi connectivity index (χ4n) is 2.39. The maximum Gasteiger partial charge on any atom is 0.0821 e. The van der Waals surface area contributed by atoms with E-state index in [-0.39, 0.29) is 5.54 Å². The number of unbranched alkanes of at least 4 members (excludes halogenated alkanes) is 2. The molecule has 3 heteroatoms. The molecule has 0 radical (unpaired) electrons. The smallest absolute Gasteiger partial charge is 0.0821 e. The Hall–Kier alpha value is -0.120. The van der Waals surface area contributed by atoms with Crippen molar-refractivity contribution in [3.8, 4) is 0 Å². The molecule has 6 N–H and O–H groups in total. The van der Waals surface area contributed by atoms with Crippen LogP contribution in [0.4, 0.5) is 0 Å². The summed E-state index contributed by atoms with van der Waals surface area (Å²) in [6.45, 7) is 2.20. The summed E-state index contributed by atoms with van der Waals surface area (Å²) < 4.78 is 0. The van der Waals surface area contributed by atoms with Gasteiger partial charge in [-0.05, 0) is 19.3 Å². The minimum Gasteiger partial charge on any atom is -0.322 e. The van der Waals surface area contributed by atoms with Crippen molar-refractivity contribution in [3.05, 3.63) is 0 Å². The van der Waals surface area contributed by atoms with Crippen LogP contribution in [0.3, 0.4) is 0 Å². The number of nitrogens with two attached hydrogens (primary N) is 3. The van der Waals surface area contributed by atoms with E-state index in [2.05, 4.69) is 6.92 Å². The molecule has 1 fully saturated rings. The van der Waals surface area contributed by atoms with Gasteiger partial charge in [0.05, 0.1) is 5.66 Å². The summed E-state index contributed by atoms with van der Waals surface area (Å²) in [5.74, 6) is 0. The van der Waals surface area contributed by atoms with Crippen LogP contribution < -0.4 is 17.2 Å². The van der Waals surface area contributed by atoms with Gasteiger partial charge in [0.1, 0.15) is 0 Å².